The molecule has 0 heterocycles. The maximum absolute atomic E-state index is 5.83. The molecule has 0 saturated carbocycles. The summed E-state index contributed by atoms with van der Waals surface area (Å²) in [5.41, 5.74) is 18.8. The van der Waals surface area contributed by atoms with Gasteiger partial charge in [0, 0.05) is 0 Å². The van der Waals surface area contributed by atoms with E-state index in [1.54, 1.807) is 18.2 Å². The molecule has 0 aromatic heterocycles. The number of benzene rings is 5. The fourth-order valence-electron chi connectivity index (χ4n) is 8.39. The van der Waals surface area contributed by atoms with Gasteiger partial charge in [0.15, 0.2) is 0 Å². The van der Waals surface area contributed by atoms with E-state index in [9.17, 15) is 0 Å². The summed E-state index contributed by atoms with van der Waals surface area (Å²) in [4.78, 5) is 0. The molecular formula is C84H106O5. The van der Waals surface area contributed by atoms with Crippen molar-refractivity contribution in [2.24, 2.45) is 0 Å². The van der Waals surface area contributed by atoms with Gasteiger partial charge in [-0.2, -0.15) is 0 Å². The fraction of sp³-hybridized carbons (Fsp3) is 0.262. The third kappa shape index (κ3) is 37.3. The lowest BCUT2D eigenvalue weighted by molar-refractivity contribution is 0.348. The second-order valence-electron chi connectivity index (χ2n) is 21.8. The highest BCUT2D eigenvalue weighted by Gasteiger charge is 2.08. The monoisotopic (exact) mass is 1190 g/mol. The van der Waals surface area contributed by atoms with E-state index in [1.807, 2.05) is 161 Å². The summed E-state index contributed by atoms with van der Waals surface area (Å²) in [7, 11) is 0. The number of ether oxygens (including phenoxy) is 5. The molecule has 0 radical (unpaired) electrons. The van der Waals surface area contributed by atoms with Crippen LogP contribution < -0.4 is 23.7 Å². The Hall–Kier alpha value is -9.06. The van der Waals surface area contributed by atoms with Gasteiger partial charge in [-0.1, -0.05) is 214 Å². The molecule has 0 atom stereocenters. The van der Waals surface area contributed by atoms with Crippen LogP contribution in [-0.2, 0) is 19.3 Å². The molecule has 89 heavy (non-hydrogen) atoms. The standard InChI is InChI=1S/C22H30O2.C18H22O2.C18H22.C13H16O.C13H16/c1-17(2)11-7-9-13-23-21-15-20(6)22(16-19(21)5)24-14-10-8-12-18(3)4;1-5-7-9-11-19-17-13-16(4)18(14-15(17)3)20-12-10-8-6-2;1-5-7-9-11-17-13-16(4)18(14-15(17)3)12-10-8-6-2;1-4-5-6-7-14-13-9-11(2)8-12(3)10-13;1-4-5-6-7-13-9-11(2)8-12(3)10-13/h7-12,15-16H,13-14H2,1-6H3;5-10,13-14H,1-2,11-12H2,3-4H3;5-10,13-14H,1-2,11-12H2,3-4H3;4-6,8-10H,1,7H2,2-3H3;4-6,8-10H,1,7H2,2-3H3/b3*9-7+,10-8+;2*6-5+. The molecule has 0 bridgehead atoms. The van der Waals surface area contributed by atoms with E-state index in [2.05, 4.69) is 175 Å². The molecule has 0 amide bonds. The van der Waals surface area contributed by atoms with Crippen molar-refractivity contribution in [2.75, 3.05) is 33.0 Å². The average molecular weight is 1200 g/mol. The Labute approximate surface area is 540 Å². The van der Waals surface area contributed by atoms with Gasteiger partial charge < -0.3 is 23.7 Å². The topological polar surface area (TPSA) is 46.2 Å². The summed E-state index contributed by atoms with van der Waals surface area (Å²) >= 11 is 0. The Morgan fingerprint density at radius 1 is 0.292 bits per heavy atom. The van der Waals surface area contributed by atoms with Gasteiger partial charge in [0.2, 0.25) is 0 Å². The third-order valence-electron chi connectivity index (χ3n) is 12.7. The SMILES string of the molecule is C=C/C=C/COc1cc(C)c(OC/C=C/C=C)cc1C.C=C/C=C/COc1cc(C)cc(C)c1.C=C/C=C/Cc1cc(C)c(C/C=C/C=C)cc1C.C=C/C=C/Cc1cc(C)cc(C)c1.CC(C)=C/C=C/COc1cc(C)c(OC/C=C/C=C(C)C)cc1C. The van der Waals surface area contributed by atoms with Crippen molar-refractivity contribution in [2.45, 2.75) is 116 Å². The zero-order valence-corrected chi connectivity index (χ0v) is 56.7. The van der Waals surface area contributed by atoms with Crippen LogP contribution in [0.5, 0.6) is 28.7 Å². The van der Waals surface area contributed by atoms with Gasteiger partial charge in [-0.3, -0.25) is 0 Å². The van der Waals surface area contributed by atoms with Crippen LogP contribution >= 0.6 is 0 Å². The molecule has 0 N–H and O–H groups in total. The first-order chi connectivity index (χ1) is 42.7. The second-order valence-corrected chi connectivity index (χ2v) is 21.8. The largest absolute Gasteiger partial charge is 0.490 e. The van der Waals surface area contributed by atoms with Crippen LogP contribution in [-0.4, -0.2) is 33.0 Å². The van der Waals surface area contributed by atoms with E-state index in [4.69, 9.17) is 23.7 Å². The molecule has 0 aliphatic carbocycles. The number of rotatable bonds is 29. The van der Waals surface area contributed by atoms with Crippen molar-refractivity contribution in [3.8, 4) is 28.7 Å². The van der Waals surface area contributed by atoms with E-state index >= 15 is 0 Å². The van der Waals surface area contributed by atoms with Crippen molar-refractivity contribution in [1.29, 1.82) is 0 Å². The van der Waals surface area contributed by atoms with Crippen molar-refractivity contribution in [3.05, 3.63) is 342 Å². The molecule has 0 saturated heterocycles. The third-order valence-corrected chi connectivity index (χ3v) is 12.7. The maximum atomic E-state index is 5.83. The first-order valence-electron chi connectivity index (χ1n) is 30.6. The van der Waals surface area contributed by atoms with Crippen molar-refractivity contribution < 1.29 is 23.7 Å². The highest BCUT2D eigenvalue weighted by molar-refractivity contribution is 5.47. The first kappa shape index (κ1) is 78.0. The Balaban J connectivity index is 0.000000565. The summed E-state index contributed by atoms with van der Waals surface area (Å²) in [6.45, 7) is 53.8. The number of aryl methyl sites for hydroxylation is 10. The Morgan fingerprint density at radius 2 is 0.562 bits per heavy atom. The van der Waals surface area contributed by atoms with Gasteiger partial charge in [-0.05, 0) is 244 Å². The first-order valence-corrected chi connectivity index (χ1v) is 30.6. The van der Waals surface area contributed by atoms with E-state index in [-0.39, 0.29) is 0 Å². The van der Waals surface area contributed by atoms with E-state index in [0.29, 0.717) is 33.0 Å². The minimum Gasteiger partial charge on any atom is -0.490 e. The van der Waals surface area contributed by atoms with Gasteiger partial charge in [0.25, 0.3) is 0 Å². The fourth-order valence-corrected chi connectivity index (χ4v) is 8.39. The predicted octanol–water partition coefficient (Wildman–Crippen LogP) is 22.5. The van der Waals surface area contributed by atoms with E-state index in [0.717, 1.165) is 70.3 Å². The number of allylic oxidation sites excluding steroid dienone is 21. The van der Waals surface area contributed by atoms with Crippen LogP contribution in [0.3, 0.4) is 0 Å². The van der Waals surface area contributed by atoms with Crippen molar-refractivity contribution in [3.63, 3.8) is 0 Å². The number of hydrogen-bond acceptors (Lipinski definition) is 5. The molecular weight excluding hydrogens is 1090 g/mol. The summed E-state index contributed by atoms with van der Waals surface area (Å²) in [6.07, 6.45) is 49.6. The molecule has 472 valence electrons. The molecule has 0 aliphatic rings. The highest BCUT2D eigenvalue weighted by Crippen LogP contribution is 2.29. The van der Waals surface area contributed by atoms with Crippen LogP contribution in [0.4, 0.5) is 0 Å². The molecule has 5 heteroatoms. The maximum Gasteiger partial charge on any atom is 0.123 e. The Morgan fingerprint density at radius 3 is 0.865 bits per heavy atom. The molecule has 0 fully saturated rings. The highest BCUT2D eigenvalue weighted by atomic mass is 16.5. The lowest BCUT2D eigenvalue weighted by Gasteiger charge is -2.13. The zero-order chi connectivity index (χ0) is 66.2. The average Bonchev–Trinajstić information content (AvgIpc) is 3.10. The summed E-state index contributed by atoms with van der Waals surface area (Å²) < 4.78 is 28.6. The van der Waals surface area contributed by atoms with Crippen LogP contribution in [0.2, 0.25) is 0 Å². The normalized spacial score (nSPS) is 10.9. The van der Waals surface area contributed by atoms with Crippen molar-refractivity contribution >= 4 is 0 Å². The molecule has 0 spiro atoms. The Bertz CT molecular complexity index is 3100. The minimum atomic E-state index is 0.536. The summed E-state index contributed by atoms with van der Waals surface area (Å²) in [5, 5.41) is 0. The summed E-state index contributed by atoms with van der Waals surface area (Å²) in [6, 6.07) is 25.5. The van der Waals surface area contributed by atoms with Gasteiger partial charge in [-0.25, -0.2) is 0 Å². The quantitative estimate of drug-likeness (QED) is 0.0447. The second kappa shape index (κ2) is 48.0. The molecule has 5 nitrogen and oxygen atoms in total. The lowest BCUT2D eigenvalue weighted by atomic mass is 9.96. The molecule has 5 aromatic rings. The van der Waals surface area contributed by atoms with Gasteiger partial charge in [0.1, 0.15) is 61.8 Å². The molecule has 0 aliphatic heterocycles. The van der Waals surface area contributed by atoms with E-state index in [1.165, 1.54) is 61.2 Å². The van der Waals surface area contributed by atoms with Crippen LogP contribution in [0.1, 0.15) is 100 Å². The van der Waals surface area contributed by atoms with Gasteiger partial charge in [-0.15, -0.1) is 0 Å². The molecule has 5 rings (SSSR count). The van der Waals surface area contributed by atoms with Crippen LogP contribution in [0.15, 0.2) is 269 Å². The smallest absolute Gasteiger partial charge is 0.123 e. The van der Waals surface area contributed by atoms with E-state index < -0.39 is 0 Å². The lowest BCUT2D eigenvalue weighted by Crippen LogP contribution is -2.00. The summed E-state index contributed by atoms with van der Waals surface area (Å²) in [5.74, 6) is 4.50. The minimum absolute atomic E-state index is 0.536. The van der Waals surface area contributed by atoms with Crippen LogP contribution in [0, 0.1) is 69.2 Å². The van der Waals surface area contributed by atoms with Crippen molar-refractivity contribution in [1.82, 2.24) is 0 Å². The number of hydrogen-bond donors (Lipinski definition) is 0. The molecule has 5 aromatic carbocycles. The zero-order valence-electron chi connectivity index (χ0n) is 56.7. The molecule has 0 unspecified atom stereocenters. The van der Waals surface area contributed by atoms with Gasteiger partial charge >= 0.3 is 0 Å². The Kier molecular flexibility index (Phi) is 42.1. The predicted molar refractivity (Wildman–Crippen MR) is 391 cm³/mol. The van der Waals surface area contributed by atoms with Crippen LogP contribution in [0.25, 0.3) is 0 Å². The van der Waals surface area contributed by atoms with Gasteiger partial charge in [0.05, 0.1) is 0 Å².